The van der Waals surface area contributed by atoms with Crippen molar-refractivity contribution in [3.63, 3.8) is 0 Å². The number of rotatable bonds is 6. The second kappa shape index (κ2) is 7.49. The lowest BCUT2D eigenvalue weighted by Gasteiger charge is -2.21. The molecule has 1 aromatic rings. The molecule has 126 valence electrons. The Bertz CT molecular complexity index is 569. The number of nitrogens with one attached hydrogen (secondary N) is 1. The van der Waals surface area contributed by atoms with Crippen LogP contribution in [0.2, 0.25) is 0 Å². The second-order valence-corrected chi connectivity index (χ2v) is 6.68. The Kier molecular flexibility index (Phi) is 5.64. The molecule has 2 rings (SSSR count). The molecular weight excluding hydrogens is 292 g/mol. The van der Waals surface area contributed by atoms with Crippen LogP contribution in [0.3, 0.4) is 0 Å². The third kappa shape index (κ3) is 4.47. The lowest BCUT2D eigenvalue weighted by Crippen LogP contribution is -2.35. The minimum atomic E-state index is -0.298. The number of amides is 2. The Balaban J connectivity index is 2.10. The molecule has 1 saturated heterocycles. The molecule has 2 amide bonds. The van der Waals surface area contributed by atoms with Crippen LogP contribution >= 0.6 is 0 Å². The summed E-state index contributed by atoms with van der Waals surface area (Å²) >= 11 is 0. The standard InChI is InChI=1S/C18H26N2O3/c1-12(2)10-19-18(22)14-9-17(21)20(11-14)15-7-5-6-8-16(15)23-13(3)4/h5-8,12-14H,9-11H2,1-4H3,(H,19,22). The number of anilines is 1. The smallest absolute Gasteiger partial charge is 0.227 e. The Morgan fingerprint density at radius 2 is 2.00 bits per heavy atom. The molecule has 0 radical (unpaired) electrons. The zero-order valence-electron chi connectivity index (χ0n) is 14.3. The van der Waals surface area contributed by atoms with Gasteiger partial charge in [0.05, 0.1) is 17.7 Å². The molecule has 1 unspecified atom stereocenters. The van der Waals surface area contributed by atoms with E-state index in [0.29, 0.717) is 24.8 Å². The van der Waals surface area contributed by atoms with E-state index in [9.17, 15) is 9.59 Å². The normalized spacial score (nSPS) is 17.9. The summed E-state index contributed by atoms with van der Waals surface area (Å²) in [6.07, 6.45) is 0.277. The maximum absolute atomic E-state index is 12.4. The lowest BCUT2D eigenvalue weighted by molar-refractivity contribution is -0.126. The van der Waals surface area contributed by atoms with Crippen molar-refractivity contribution in [2.24, 2.45) is 11.8 Å². The minimum absolute atomic E-state index is 0.0268. The molecule has 1 aliphatic heterocycles. The Hall–Kier alpha value is -2.04. The molecule has 1 fully saturated rings. The van der Waals surface area contributed by atoms with Gasteiger partial charge in [-0.3, -0.25) is 9.59 Å². The van der Waals surface area contributed by atoms with Gasteiger partial charge in [-0.05, 0) is 31.9 Å². The van der Waals surface area contributed by atoms with Gasteiger partial charge in [0, 0.05) is 19.5 Å². The average Bonchev–Trinajstić information content (AvgIpc) is 2.86. The summed E-state index contributed by atoms with van der Waals surface area (Å²) in [6.45, 7) is 9.03. The number of benzene rings is 1. The van der Waals surface area contributed by atoms with E-state index < -0.39 is 0 Å². The molecule has 1 atom stereocenters. The van der Waals surface area contributed by atoms with Crippen LogP contribution in [-0.2, 0) is 9.59 Å². The SMILES string of the molecule is CC(C)CNC(=O)C1CC(=O)N(c2ccccc2OC(C)C)C1. The van der Waals surface area contributed by atoms with Crippen molar-refractivity contribution in [1.82, 2.24) is 5.32 Å². The number of ether oxygens (including phenoxy) is 1. The fourth-order valence-corrected chi connectivity index (χ4v) is 2.60. The molecular formula is C18H26N2O3. The molecule has 1 N–H and O–H groups in total. The Morgan fingerprint density at radius 3 is 2.65 bits per heavy atom. The summed E-state index contributed by atoms with van der Waals surface area (Å²) in [5.74, 6) is 0.700. The van der Waals surface area contributed by atoms with Gasteiger partial charge in [-0.1, -0.05) is 26.0 Å². The van der Waals surface area contributed by atoms with E-state index in [1.807, 2.05) is 52.0 Å². The zero-order valence-corrected chi connectivity index (χ0v) is 14.3. The molecule has 5 heteroatoms. The highest BCUT2D eigenvalue weighted by Crippen LogP contribution is 2.33. The van der Waals surface area contributed by atoms with Gasteiger partial charge < -0.3 is 15.0 Å². The highest BCUT2D eigenvalue weighted by atomic mass is 16.5. The quantitative estimate of drug-likeness (QED) is 0.877. The predicted octanol–water partition coefficient (Wildman–Crippen LogP) is 2.60. The van der Waals surface area contributed by atoms with Crippen LogP contribution in [0, 0.1) is 11.8 Å². The third-order valence-electron chi connectivity index (χ3n) is 3.70. The molecule has 0 aromatic heterocycles. The van der Waals surface area contributed by atoms with Gasteiger partial charge in [0.2, 0.25) is 11.8 Å². The Labute approximate surface area is 138 Å². The van der Waals surface area contributed by atoms with Crippen LogP contribution < -0.4 is 15.0 Å². The first-order valence-corrected chi connectivity index (χ1v) is 8.22. The van der Waals surface area contributed by atoms with Crippen molar-refractivity contribution in [2.75, 3.05) is 18.0 Å². The fourth-order valence-electron chi connectivity index (χ4n) is 2.60. The highest BCUT2D eigenvalue weighted by Gasteiger charge is 2.36. The van der Waals surface area contributed by atoms with E-state index in [0.717, 1.165) is 5.69 Å². The second-order valence-electron chi connectivity index (χ2n) is 6.68. The van der Waals surface area contributed by atoms with Gasteiger partial charge in [-0.25, -0.2) is 0 Å². The van der Waals surface area contributed by atoms with Crippen molar-refractivity contribution in [3.8, 4) is 5.75 Å². The molecule has 0 saturated carbocycles. The number of hydrogen-bond donors (Lipinski definition) is 1. The van der Waals surface area contributed by atoms with E-state index >= 15 is 0 Å². The van der Waals surface area contributed by atoms with Gasteiger partial charge in [-0.15, -0.1) is 0 Å². The molecule has 5 nitrogen and oxygen atoms in total. The number of para-hydroxylation sites is 2. The number of carbonyl (C=O) groups excluding carboxylic acids is 2. The van der Waals surface area contributed by atoms with Gasteiger partial charge in [0.1, 0.15) is 5.75 Å². The van der Waals surface area contributed by atoms with E-state index in [1.165, 1.54) is 0 Å². The fraction of sp³-hybridized carbons (Fsp3) is 0.556. The molecule has 23 heavy (non-hydrogen) atoms. The summed E-state index contributed by atoms with van der Waals surface area (Å²) in [6, 6.07) is 7.48. The predicted molar refractivity (Wildman–Crippen MR) is 90.5 cm³/mol. The topological polar surface area (TPSA) is 58.6 Å². The largest absolute Gasteiger partial charge is 0.489 e. The summed E-state index contributed by atoms with van der Waals surface area (Å²) in [5, 5.41) is 2.91. The summed E-state index contributed by atoms with van der Waals surface area (Å²) < 4.78 is 5.79. The maximum Gasteiger partial charge on any atom is 0.227 e. The third-order valence-corrected chi connectivity index (χ3v) is 3.70. The van der Waals surface area contributed by atoms with Crippen LogP contribution in [0.5, 0.6) is 5.75 Å². The molecule has 0 aliphatic carbocycles. The van der Waals surface area contributed by atoms with Gasteiger partial charge in [-0.2, -0.15) is 0 Å². The molecule has 1 heterocycles. The number of hydrogen-bond acceptors (Lipinski definition) is 3. The number of nitrogens with zero attached hydrogens (tertiary/aromatic N) is 1. The molecule has 1 aromatic carbocycles. The van der Waals surface area contributed by atoms with Crippen molar-refractivity contribution >= 4 is 17.5 Å². The van der Waals surface area contributed by atoms with Crippen LogP contribution in [0.4, 0.5) is 5.69 Å². The van der Waals surface area contributed by atoms with Crippen LogP contribution in [0.25, 0.3) is 0 Å². The molecule has 0 spiro atoms. The lowest BCUT2D eigenvalue weighted by atomic mass is 10.1. The van der Waals surface area contributed by atoms with Crippen molar-refractivity contribution in [2.45, 2.75) is 40.2 Å². The summed E-state index contributed by atoms with van der Waals surface area (Å²) in [5.41, 5.74) is 0.741. The van der Waals surface area contributed by atoms with Crippen molar-refractivity contribution in [3.05, 3.63) is 24.3 Å². The summed E-state index contributed by atoms with van der Waals surface area (Å²) in [7, 11) is 0. The zero-order chi connectivity index (χ0) is 17.0. The highest BCUT2D eigenvalue weighted by molar-refractivity contribution is 6.01. The van der Waals surface area contributed by atoms with E-state index in [2.05, 4.69) is 5.32 Å². The van der Waals surface area contributed by atoms with Crippen LogP contribution in [0.15, 0.2) is 24.3 Å². The maximum atomic E-state index is 12.4. The monoisotopic (exact) mass is 318 g/mol. The summed E-state index contributed by atoms with van der Waals surface area (Å²) in [4.78, 5) is 26.2. The van der Waals surface area contributed by atoms with E-state index in [1.54, 1.807) is 4.90 Å². The molecule has 0 bridgehead atoms. The van der Waals surface area contributed by atoms with Gasteiger partial charge in [0.15, 0.2) is 0 Å². The van der Waals surface area contributed by atoms with Gasteiger partial charge in [0.25, 0.3) is 0 Å². The first-order chi connectivity index (χ1) is 10.9. The molecule has 1 aliphatic rings. The van der Waals surface area contributed by atoms with E-state index in [-0.39, 0.29) is 30.3 Å². The van der Waals surface area contributed by atoms with Crippen molar-refractivity contribution in [1.29, 1.82) is 0 Å². The minimum Gasteiger partial charge on any atom is -0.489 e. The number of carbonyl (C=O) groups is 2. The van der Waals surface area contributed by atoms with Crippen LogP contribution in [0.1, 0.15) is 34.1 Å². The Morgan fingerprint density at radius 1 is 1.30 bits per heavy atom. The first kappa shape index (κ1) is 17.3. The van der Waals surface area contributed by atoms with Gasteiger partial charge >= 0.3 is 0 Å². The first-order valence-electron chi connectivity index (χ1n) is 8.22. The van der Waals surface area contributed by atoms with Crippen LogP contribution in [-0.4, -0.2) is 31.0 Å². The van der Waals surface area contributed by atoms with E-state index in [4.69, 9.17) is 4.74 Å². The van der Waals surface area contributed by atoms with Crippen molar-refractivity contribution < 1.29 is 14.3 Å². The average molecular weight is 318 g/mol.